The van der Waals surface area contributed by atoms with E-state index in [0.717, 1.165) is 61.5 Å². The van der Waals surface area contributed by atoms with Gasteiger partial charge in [-0.3, -0.25) is 4.90 Å². The van der Waals surface area contributed by atoms with Gasteiger partial charge in [0, 0.05) is 36.8 Å². The van der Waals surface area contributed by atoms with Gasteiger partial charge in [0.05, 0.1) is 38.1 Å². The Morgan fingerprint density at radius 1 is 1.03 bits per heavy atom. The minimum atomic E-state index is 0.605. The maximum atomic E-state index is 6.06. The Kier molecular flexibility index (Phi) is 6.78. The lowest BCUT2D eigenvalue weighted by Crippen LogP contribution is -2.37. The third-order valence-corrected chi connectivity index (χ3v) is 5.71. The highest BCUT2D eigenvalue weighted by molar-refractivity contribution is 5.93. The van der Waals surface area contributed by atoms with Crippen LogP contribution in [0.1, 0.15) is 6.42 Å². The topological polar surface area (TPSA) is 99.5 Å². The van der Waals surface area contributed by atoms with Gasteiger partial charge in [0.25, 0.3) is 0 Å². The Balaban J connectivity index is 1.29. The molecule has 0 aliphatic carbocycles. The second-order valence-electron chi connectivity index (χ2n) is 7.91. The number of nitrogens with zero attached hydrogens (tertiary/aromatic N) is 6. The molecule has 1 N–H and O–H groups in total. The molecule has 0 bridgehead atoms. The fraction of sp³-hybridized carbons (Fsp3) is 0.333. The summed E-state index contributed by atoms with van der Waals surface area (Å²) < 4.78 is 18.8. The van der Waals surface area contributed by atoms with Crippen LogP contribution in [0.4, 0.5) is 11.5 Å². The Bertz CT molecular complexity index is 1210. The molecule has 10 heteroatoms. The molecule has 0 spiro atoms. The molecule has 10 nitrogen and oxygen atoms in total. The van der Waals surface area contributed by atoms with Gasteiger partial charge in [-0.05, 0) is 36.8 Å². The van der Waals surface area contributed by atoms with Gasteiger partial charge in [-0.15, -0.1) is 0 Å². The predicted octanol–water partition coefficient (Wildman–Crippen LogP) is 3.06. The van der Waals surface area contributed by atoms with Crippen molar-refractivity contribution in [1.29, 1.82) is 0 Å². The number of rotatable bonds is 9. The monoisotopic (exact) mass is 461 g/mol. The van der Waals surface area contributed by atoms with Gasteiger partial charge >= 0.3 is 0 Å². The van der Waals surface area contributed by atoms with Crippen LogP contribution < -0.4 is 14.8 Å². The highest BCUT2D eigenvalue weighted by Crippen LogP contribution is 2.34. The van der Waals surface area contributed by atoms with Crippen LogP contribution in [-0.2, 0) is 4.74 Å². The smallest absolute Gasteiger partial charge is 0.163 e. The maximum absolute atomic E-state index is 6.06. The van der Waals surface area contributed by atoms with Crippen LogP contribution in [0.15, 0.2) is 55.4 Å². The quantitative estimate of drug-likeness (QED) is 0.377. The van der Waals surface area contributed by atoms with E-state index in [0.29, 0.717) is 23.9 Å². The van der Waals surface area contributed by atoms with E-state index in [-0.39, 0.29) is 0 Å². The van der Waals surface area contributed by atoms with E-state index in [1.165, 1.54) is 6.33 Å². The molecule has 34 heavy (non-hydrogen) atoms. The number of morpholine rings is 1. The summed E-state index contributed by atoms with van der Waals surface area (Å²) in [5.41, 5.74) is 2.60. The molecule has 0 amide bonds. The lowest BCUT2D eigenvalue weighted by Gasteiger charge is -2.26. The van der Waals surface area contributed by atoms with Crippen LogP contribution in [0, 0.1) is 0 Å². The van der Waals surface area contributed by atoms with E-state index in [4.69, 9.17) is 14.2 Å². The van der Waals surface area contributed by atoms with Crippen molar-refractivity contribution in [3.8, 4) is 17.2 Å². The van der Waals surface area contributed by atoms with Crippen LogP contribution in [0.2, 0.25) is 0 Å². The van der Waals surface area contributed by atoms with E-state index < -0.39 is 0 Å². The number of fused-ring (bicyclic) bond motifs is 1. The first kappa shape index (κ1) is 22.1. The molecule has 4 aromatic rings. The average Bonchev–Trinajstić information content (AvgIpc) is 3.42. The molecule has 0 atom stereocenters. The lowest BCUT2D eigenvalue weighted by atomic mass is 10.2. The molecule has 2 aromatic heterocycles. The third kappa shape index (κ3) is 5.08. The minimum Gasteiger partial charge on any atom is -0.493 e. The van der Waals surface area contributed by atoms with Gasteiger partial charge in [-0.1, -0.05) is 0 Å². The number of nitrogens with one attached hydrogen (secondary N) is 1. The first-order chi connectivity index (χ1) is 16.8. The van der Waals surface area contributed by atoms with E-state index in [9.17, 15) is 0 Å². The molecule has 176 valence electrons. The molecule has 0 saturated carbocycles. The Morgan fingerprint density at radius 2 is 1.88 bits per heavy atom. The van der Waals surface area contributed by atoms with Gasteiger partial charge in [0.15, 0.2) is 11.5 Å². The number of hydrogen-bond donors (Lipinski definition) is 1. The van der Waals surface area contributed by atoms with E-state index in [1.54, 1.807) is 24.4 Å². The summed E-state index contributed by atoms with van der Waals surface area (Å²) in [6.07, 6.45) is 5.65. The summed E-state index contributed by atoms with van der Waals surface area (Å²) in [4.78, 5) is 15.3. The molecule has 1 fully saturated rings. The molecule has 2 aromatic carbocycles. The largest absolute Gasteiger partial charge is 0.493 e. The first-order valence-corrected chi connectivity index (χ1v) is 11.3. The normalized spacial score (nSPS) is 14.3. The first-order valence-electron chi connectivity index (χ1n) is 11.3. The zero-order chi connectivity index (χ0) is 23.2. The minimum absolute atomic E-state index is 0.605. The van der Waals surface area contributed by atoms with Gasteiger partial charge in [-0.25, -0.2) is 19.6 Å². The second kappa shape index (κ2) is 10.4. The van der Waals surface area contributed by atoms with Gasteiger partial charge < -0.3 is 19.5 Å². The Labute approximate surface area is 197 Å². The molecule has 1 aliphatic rings. The number of anilines is 2. The highest BCUT2D eigenvalue weighted by Gasteiger charge is 2.13. The summed E-state index contributed by atoms with van der Waals surface area (Å²) in [7, 11) is 1.64. The van der Waals surface area contributed by atoms with Gasteiger partial charge in [-0.2, -0.15) is 5.10 Å². The van der Waals surface area contributed by atoms with Crippen molar-refractivity contribution < 1.29 is 14.2 Å². The predicted molar refractivity (Wildman–Crippen MR) is 128 cm³/mol. The van der Waals surface area contributed by atoms with Crippen LogP contribution in [0.5, 0.6) is 11.5 Å². The molecule has 5 rings (SSSR count). The number of aromatic nitrogens is 5. The fourth-order valence-electron chi connectivity index (χ4n) is 3.91. The van der Waals surface area contributed by atoms with Crippen LogP contribution >= 0.6 is 0 Å². The summed E-state index contributed by atoms with van der Waals surface area (Å²) in [5, 5.41) is 8.37. The summed E-state index contributed by atoms with van der Waals surface area (Å²) >= 11 is 0. The standard InChI is InChI=1S/C24H27N7O3/c1-32-22-13-20-21(14-23(22)34-10-2-7-30-8-11-33-12-9-30)26-16-27-24(20)29-18-3-5-19(6-4-18)31-17-25-15-28-31/h3-6,13-17H,2,7-12H2,1H3,(H,26,27,29). The fourth-order valence-corrected chi connectivity index (χ4v) is 3.91. The summed E-state index contributed by atoms with van der Waals surface area (Å²) in [5.74, 6) is 2.02. The zero-order valence-corrected chi connectivity index (χ0v) is 19.1. The molecule has 3 heterocycles. The van der Waals surface area contributed by atoms with Crippen LogP contribution in [-0.4, -0.2) is 76.2 Å². The van der Waals surface area contributed by atoms with Crippen molar-refractivity contribution in [2.45, 2.75) is 6.42 Å². The lowest BCUT2D eigenvalue weighted by molar-refractivity contribution is 0.0357. The third-order valence-electron chi connectivity index (χ3n) is 5.71. The molecular weight excluding hydrogens is 434 g/mol. The van der Waals surface area contributed by atoms with E-state index in [1.807, 2.05) is 36.4 Å². The summed E-state index contributed by atoms with van der Waals surface area (Å²) in [6, 6.07) is 11.7. The van der Waals surface area contributed by atoms with Crippen molar-refractivity contribution in [2.75, 3.05) is 51.9 Å². The van der Waals surface area contributed by atoms with Crippen molar-refractivity contribution in [3.05, 3.63) is 55.4 Å². The Hall–Kier alpha value is -3.76. The molecule has 1 aliphatic heterocycles. The summed E-state index contributed by atoms with van der Waals surface area (Å²) in [6.45, 7) is 5.17. The van der Waals surface area contributed by atoms with Crippen LogP contribution in [0.25, 0.3) is 16.6 Å². The number of ether oxygens (including phenoxy) is 3. The molecule has 0 unspecified atom stereocenters. The van der Waals surface area contributed by atoms with Gasteiger partial charge in [0.1, 0.15) is 24.8 Å². The highest BCUT2D eigenvalue weighted by atomic mass is 16.5. The number of benzene rings is 2. The SMILES string of the molecule is COc1cc2c(Nc3ccc(-n4cncn4)cc3)ncnc2cc1OCCCN1CCOCC1. The zero-order valence-electron chi connectivity index (χ0n) is 19.1. The molecular formula is C24H27N7O3. The van der Waals surface area contributed by atoms with E-state index >= 15 is 0 Å². The van der Waals surface area contributed by atoms with E-state index in [2.05, 4.69) is 30.3 Å². The molecule has 0 radical (unpaired) electrons. The second-order valence-corrected chi connectivity index (χ2v) is 7.91. The Morgan fingerprint density at radius 3 is 2.65 bits per heavy atom. The van der Waals surface area contributed by atoms with Crippen molar-refractivity contribution >= 4 is 22.4 Å². The maximum Gasteiger partial charge on any atom is 0.163 e. The van der Waals surface area contributed by atoms with Crippen molar-refractivity contribution in [3.63, 3.8) is 0 Å². The number of hydrogen-bond acceptors (Lipinski definition) is 9. The number of methoxy groups -OCH3 is 1. The van der Waals surface area contributed by atoms with Crippen molar-refractivity contribution in [2.24, 2.45) is 0 Å². The average molecular weight is 462 g/mol. The van der Waals surface area contributed by atoms with Gasteiger partial charge in [0.2, 0.25) is 0 Å². The van der Waals surface area contributed by atoms with Crippen molar-refractivity contribution in [1.82, 2.24) is 29.6 Å². The van der Waals surface area contributed by atoms with Crippen LogP contribution in [0.3, 0.4) is 0 Å². The molecule has 1 saturated heterocycles.